The lowest BCUT2D eigenvalue weighted by Gasteiger charge is -2.30. The van der Waals surface area contributed by atoms with E-state index < -0.39 is 38.0 Å². The molecule has 1 aliphatic rings. The summed E-state index contributed by atoms with van der Waals surface area (Å²) >= 11 is 0. The van der Waals surface area contributed by atoms with Crippen molar-refractivity contribution in [1.29, 1.82) is 0 Å². The van der Waals surface area contributed by atoms with Crippen molar-refractivity contribution in [3.05, 3.63) is 29.3 Å². The Morgan fingerprint density at radius 3 is 2.43 bits per heavy atom. The Labute approximate surface area is 121 Å². The number of halogens is 2. The summed E-state index contributed by atoms with van der Waals surface area (Å²) in [5, 5.41) is 4.85. The zero-order valence-corrected chi connectivity index (χ0v) is 12.3. The molecule has 0 aromatic heterocycles. The molecule has 0 atom stereocenters. The molecule has 0 aliphatic heterocycles. The summed E-state index contributed by atoms with van der Waals surface area (Å²) in [4.78, 5) is 12.6. The highest BCUT2D eigenvalue weighted by Crippen LogP contribution is 2.27. The van der Waals surface area contributed by atoms with Crippen molar-refractivity contribution < 1.29 is 22.0 Å². The van der Waals surface area contributed by atoms with Crippen LogP contribution in [-0.4, -0.2) is 32.8 Å². The predicted molar refractivity (Wildman–Crippen MR) is 72.0 cm³/mol. The quantitative estimate of drug-likeness (QED) is 0.913. The normalized spacial score (nSPS) is 15.6. The average Bonchev–Trinajstić information content (AvgIpc) is 2.31. The molecule has 1 saturated carbocycles. The number of hydrogen-bond acceptors (Lipinski definition) is 3. The van der Waals surface area contributed by atoms with Crippen LogP contribution in [0.2, 0.25) is 0 Å². The van der Waals surface area contributed by atoms with E-state index in [-0.39, 0.29) is 0 Å². The molecular weight excluding hydrogens is 302 g/mol. The molecule has 116 valence electrons. The molecule has 1 aromatic rings. The van der Waals surface area contributed by atoms with Crippen LogP contribution in [0.25, 0.3) is 0 Å². The van der Waals surface area contributed by atoms with Crippen molar-refractivity contribution in [2.24, 2.45) is 11.1 Å². The van der Waals surface area contributed by atoms with E-state index in [0.717, 1.165) is 19.3 Å². The Morgan fingerprint density at radius 2 is 1.95 bits per heavy atom. The maximum atomic E-state index is 13.7. The van der Waals surface area contributed by atoms with Gasteiger partial charge in [0.25, 0.3) is 5.91 Å². The van der Waals surface area contributed by atoms with Crippen LogP contribution in [0.15, 0.2) is 17.0 Å². The number of amides is 1. The van der Waals surface area contributed by atoms with Crippen LogP contribution >= 0.6 is 0 Å². The number of primary sulfonamides is 1. The summed E-state index contributed by atoms with van der Waals surface area (Å²) in [5.41, 5.74) is -0.498. The van der Waals surface area contributed by atoms with E-state index in [2.05, 4.69) is 0 Å². The van der Waals surface area contributed by atoms with E-state index in [1.54, 1.807) is 0 Å². The number of carbonyl (C=O) groups is 1. The fraction of sp³-hybridized carbons (Fsp3) is 0.462. The maximum Gasteiger partial charge on any atom is 0.256 e. The van der Waals surface area contributed by atoms with Gasteiger partial charge in [-0.1, -0.05) is 6.42 Å². The second-order valence-corrected chi connectivity index (χ2v) is 6.82. The molecule has 0 radical (unpaired) electrons. The second-order valence-electron chi connectivity index (χ2n) is 5.29. The van der Waals surface area contributed by atoms with Crippen molar-refractivity contribution in [1.82, 2.24) is 4.90 Å². The molecule has 1 amide bonds. The van der Waals surface area contributed by atoms with Crippen molar-refractivity contribution >= 4 is 15.9 Å². The highest BCUT2D eigenvalue weighted by molar-refractivity contribution is 7.89. The van der Waals surface area contributed by atoms with Gasteiger partial charge in [0.05, 0.1) is 5.56 Å². The van der Waals surface area contributed by atoms with Crippen LogP contribution in [0.4, 0.5) is 8.78 Å². The number of sulfonamides is 1. The van der Waals surface area contributed by atoms with Crippen LogP contribution in [0.3, 0.4) is 0 Å². The summed E-state index contributed by atoms with van der Waals surface area (Å²) in [6.45, 7) is 0.459. The molecule has 5 nitrogen and oxygen atoms in total. The molecule has 1 aliphatic carbocycles. The standard InChI is InChI=1S/C13H16F2N2O3S/c1-17(7-8-3-2-4-8)13(18)9-5-12(21(16,19)20)11(15)6-10(9)14/h5-6,8H,2-4,7H2,1H3,(H2,16,19,20). The number of hydrogen-bond donors (Lipinski definition) is 1. The number of nitrogens with zero attached hydrogens (tertiary/aromatic N) is 1. The monoisotopic (exact) mass is 318 g/mol. The summed E-state index contributed by atoms with van der Waals surface area (Å²) in [6, 6.07) is 1.02. The lowest BCUT2D eigenvalue weighted by Crippen LogP contribution is -2.35. The van der Waals surface area contributed by atoms with Gasteiger partial charge in [-0.25, -0.2) is 22.3 Å². The molecule has 0 bridgehead atoms. The summed E-state index contributed by atoms with van der Waals surface area (Å²) in [7, 11) is -2.86. The molecular formula is C13H16F2N2O3S. The molecule has 2 N–H and O–H groups in total. The number of rotatable bonds is 4. The number of carbonyl (C=O) groups excluding carboxylic acids is 1. The van der Waals surface area contributed by atoms with Gasteiger partial charge in [-0.15, -0.1) is 0 Å². The Morgan fingerprint density at radius 1 is 1.33 bits per heavy atom. The maximum absolute atomic E-state index is 13.7. The van der Waals surface area contributed by atoms with E-state index >= 15 is 0 Å². The van der Waals surface area contributed by atoms with Gasteiger partial charge in [0.2, 0.25) is 10.0 Å². The van der Waals surface area contributed by atoms with E-state index in [0.29, 0.717) is 24.6 Å². The Hall–Kier alpha value is -1.54. The molecule has 0 heterocycles. The van der Waals surface area contributed by atoms with Gasteiger partial charge in [-0.05, 0) is 24.8 Å². The smallest absolute Gasteiger partial charge is 0.256 e. The average molecular weight is 318 g/mol. The second kappa shape index (κ2) is 5.69. The van der Waals surface area contributed by atoms with E-state index in [1.807, 2.05) is 0 Å². The molecule has 21 heavy (non-hydrogen) atoms. The topological polar surface area (TPSA) is 80.5 Å². The number of benzene rings is 1. The zero-order valence-electron chi connectivity index (χ0n) is 11.5. The fourth-order valence-electron chi connectivity index (χ4n) is 2.26. The first-order chi connectivity index (χ1) is 9.70. The molecule has 1 aromatic carbocycles. The molecule has 0 unspecified atom stereocenters. The van der Waals surface area contributed by atoms with Crippen molar-refractivity contribution in [3.8, 4) is 0 Å². The fourth-order valence-corrected chi connectivity index (χ4v) is 2.88. The van der Waals surface area contributed by atoms with E-state index in [4.69, 9.17) is 5.14 Å². The van der Waals surface area contributed by atoms with Crippen LogP contribution in [0.1, 0.15) is 29.6 Å². The molecule has 8 heteroatoms. The summed E-state index contributed by atoms with van der Waals surface area (Å²) < 4.78 is 49.6. The minimum absolute atomic E-state index is 0.365. The van der Waals surface area contributed by atoms with Gasteiger partial charge < -0.3 is 4.90 Å². The third-order valence-electron chi connectivity index (χ3n) is 3.66. The Bertz CT molecular complexity index is 672. The Kier molecular flexibility index (Phi) is 4.29. The zero-order chi connectivity index (χ0) is 15.8. The van der Waals surface area contributed by atoms with Crippen molar-refractivity contribution in [3.63, 3.8) is 0 Å². The van der Waals surface area contributed by atoms with Crippen molar-refractivity contribution in [2.45, 2.75) is 24.2 Å². The lowest BCUT2D eigenvalue weighted by atomic mass is 9.85. The highest BCUT2D eigenvalue weighted by Gasteiger charge is 2.26. The summed E-state index contributed by atoms with van der Waals surface area (Å²) in [5.74, 6) is -2.73. The highest BCUT2D eigenvalue weighted by atomic mass is 32.2. The first-order valence-electron chi connectivity index (χ1n) is 6.47. The first-order valence-corrected chi connectivity index (χ1v) is 8.02. The molecule has 0 spiro atoms. The van der Waals surface area contributed by atoms with Gasteiger partial charge in [0.1, 0.15) is 16.5 Å². The van der Waals surface area contributed by atoms with E-state index in [1.165, 1.54) is 11.9 Å². The predicted octanol–water partition coefficient (Wildman–Crippen LogP) is 1.48. The largest absolute Gasteiger partial charge is 0.341 e. The lowest BCUT2D eigenvalue weighted by molar-refractivity contribution is 0.0740. The van der Waals surface area contributed by atoms with Crippen LogP contribution in [0.5, 0.6) is 0 Å². The Balaban J connectivity index is 2.31. The first kappa shape index (κ1) is 15.8. The third kappa shape index (κ3) is 3.38. The third-order valence-corrected chi connectivity index (χ3v) is 4.59. The van der Waals surface area contributed by atoms with E-state index in [9.17, 15) is 22.0 Å². The minimum atomic E-state index is -4.36. The van der Waals surface area contributed by atoms with Crippen LogP contribution in [0, 0.1) is 17.6 Å². The number of nitrogens with two attached hydrogens (primary N) is 1. The van der Waals surface area contributed by atoms with Crippen LogP contribution in [-0.2, 0) is 10.0 Å². The van der Waals surface area contributed by atoms with Gasteiger partial charge in [-0.3, -0.25) is 4.79 Å². The molecule has 0 saturated heterocycles. The van der Waals surface area contributed by atoms with Gasteiger partial charge in [0, 0.05) is 19.7 Å². The van der Waals surface area contributed by atoms with Crippen molar-refractivity contribution in [2.75, 3.05) is 13.6 Å². The summed E-state index contributed by atoms with van der Waals surface area (Å²) in [6.07, 6.45) is 3.12. The minimum Gasteiger partial charge on any atom is -0.341 e. The molecule has 2 rings (SSSR count). The van der Waals surface area contributed by atoms with Gasteiger partial charge in [-0.2, -0.15) is 0 Å². The van der Waals surface area contributed by atoms with Gasteiger partial charge >= 0.3 is 0 Å². The van der Waals surface area contributed by atoms with Crippen LogP contribution < -0.4 is 5.14 Å². The molecule has 1 fully saturated rings. The van der Waals surface area contributed by atoms with Gasteiger partial charge in [0.15, 0.2) is 0 Å². The SMILES string of the molecule is CN(CC1CCC1)C(=O)c1cc(S(N)(=O)=O)c(F)cc1F.